The summed E-state index contributed by atoms with van der Waals surface area (Å²) in [5.74, 6) is 0.796. The molecule has 6 heteroatoms. The van der Waals surface area contributed by atoms with E-state index in [4.69, 9.17) is 4.42 Å². The molecule has 0 aliphatic rings. The molecular weight excluding hydrogens is 304 g/mol. The van der Waals surface area contributed by atoms with Gasteiger partial charge < -0.3 is 9.73 Å². The van der Waals surface area contributed by atoms with Gasteiger partial charge in [-0.1, -0.05) is 19.1 Å². The summed E-state index contributed by atoms with van der Waals surface area (Å²) in [6, 6.07) is 11.4. The van der Waals surface area contributed by atoms with Crippen molar-refractivity contribution in [3.8, 4) is 11.5 Å². The van der Waals surface area contributed by atoms with Crippen LogP contribution in [0.1, 0.15) is 24.8 Å². The molecule has 0 unspecified atom stereocenters. The second-order valence-electron chi connectivity index (χ2n) is 5.34. The summed E-state index contributed by atoms with van der Waals surface area (Å²) in [6.07, 6.45) is 4.99. The van der Waals surface area contributed by atoms with Gasteiger partial charge in [0.15, 0.2) is 0 Å². The third-order valence-electron chi connectivity index (χ3n) is 3.61. The Labute approximate surface area is 140 Å². The summed E-state index contributed by atoms with van der Waals surface area (Å²) >= 11 is 0. The zero-order valence-electron chi connectivity index (χ0n) is 13.4. The number of benzene rings is 1. The Balaban J connectivity index is 1.53. The number of aromatic nitrogens is 3. The minimum absolute atomic E-state index is 0.0806. The molecule has 1 N–H and O–H groups in total. The van der Waals surface area contributed by atoms with Crippen LogP contribution < -0.4 is 5.32 Å². The summed E-state index contributed by atoms with van der Waals surface area (Å²) in [6.45, 7) is 2.10. The molecule has 0 aliphatic heterocycles. The van der Waals surface area contributed by atoms with Crippen molar-refractivity contribution in [1.29, 1.82) is 0 Å². The maximum absolute atomic E-state index is 12.0. The highest BCUT2D eigenvalue weighted by molar-refractivity contribution is 5.90. The first-order chi connectivity index (χ1) is 11.7. The maximum atomic E-state index is 12.0. The van der Waals surface area contributed by atoms with E-state index in [0.29, 0.717) is 18.2 Å². The Morgan fingerprint density at radius 2 is 1.83 bits per heavy atom. The van der Waals surface area contributed by atoms with E-state index in [0.717, 1.165) is 17.7 Å². The summed E-state index contributed by atoms with van der Waals surface area (Å²) in [5, 5.41) is 10.8. The molecule has 3 rings (SSSR count). The SMILES string of the molecule is CCc1ccc(NC(=O)CCc2nnc(-c3ccncc3)o2)cc1. The molecule has 1 aromatic carbocycles. The number of anilines is 1. The van der Waals surface area contributed by atoms with Crippen molar-refractivity contribution in [3.05, 3.63) is 60.2 Å². The van der Waals surface area contributed by atoms with E-state index < -0.39 is 0 Å². The maximum Gasteiger partial charge on any atom is 0.247 e. The van der Waals surface area contributed by atoms with Crippen molar-refractivity contribution in [1.82, 2.24) is 15.2 Å². The minimum atomic E-state index is -0.0806. The summed E-state index contributed by atoms with van der Waals surface area (Å²) < 4.78 is 5.57. The number of pyridine rings is 1. The van der Waals surface area contributed by atoms with Gasteiger partial charge in [0.25, 0.3) is 0 Å². The average Bonchev–Trinajstić information content (AvgIpc) is 3.10. The van der Waals surface area contributed by atoms with Crippen molar-refractivity contribution in [2.45, 2.75) is 26.2 Å². The summed E-state index contributed by atoms with van der Waals surface area (Å²) in [5.41, 5.74) is 2.84. The van der Waals surface area contributed by atoms with Gasteiger partial charge in [-0.3, -0.25) is 9.78 Å². The van der Waals surface area contributed by atoms with E-state index in [1.165, 1.54) is 5.56 Å². The number of carbonyl (C=O) groups is 1. The van der Waals surface area contributed by atoms with Crippen LogP contribution in [0.15, 0.2) is 53.2 Å². The van der Waals surface area contributed by atoms with E-state index in [2.05, 4.69) is 27.4 Å². The van der Waals surface area contributed by atoms with Crippen molar-refractivity contribution < 1.29 is 9.21 Å². The Morgan fingerprint density at radius 1 is 1.08 bits per heavy atom. The molecule has 6 nitrogen and oxygen atoms in total. The molecule has 0 fully saturated rings. The van der Waals surface area contributed by atoms with Gasteiger partial charge in [-0.05, 0) is 36.2 Å². The third-order valence-corrected chi connectivity index (χ3v) is 3.61. The molecule has 0 radical (unpaired) electrons. The van der Waals surface area contributed by atoms with Gasteiger partial charge in [-0.2, -0.15) is 0 Å². The normalized spacial score (nSPS) is 10.5. The number of hydrogen-bond donors (Lipinski definition) is 1. The van der Waals surface area contributed by atoms with Crippen LogP contribution in [0.25, 0.3) is 11.5 Å². The molecule has 0 bridgehead atoms. The Kier molecular flexibility index (Phi) is 4.96. The van der Waals surface area contributed by atoms with E-state index in [1.54, 1.807) is 24.5 Å². The fourth-order valence-corrected chi connectivity index (χ4v) is 2.23. The molecule has 0 saturated carbocycles. The highest BCUT2D eigenvalue weighted by Crippen LogP contribution is 2.17. The van der Waals surface area contributed by atoms with Gasteiger partial charge in [-0.15, -0.1) is 10.2 Å². The lowest BCUT2D eigenvalue weighted by molar-refractivity contribution is -0.116. The highest BCUT2D eigenvalue weighted by Gasteiger charge is 2.10. The molecule has 1 amide bonds. The zero-order valence-corrected chi connectivity index (χ0v) is 13.4. The fourth-order valence-electron chi connectivity index (χ4n) is 2.23. The molecule has 0 spiro atoms. The van der Waals surface area contributed by atoms with Crippen molar-refractivity contribution >= 4 is 11.6 Å². The number of amides is 1. The average molecular weight is 322 g/mol. The van der Waals surface area contributed by atoms with E-state index in [9.17, 15) is 4.79 Å². The van der Waals surface area contributed by atoms with Gasteiger partial charge >= 0.3 is 0 Å². The first kappa shape index (κ1) is 15.9. The smallest absolute Gasteiger partial charge is 0.247 e. The summed E-state index contributed by atoms with van der Waals surface area (Å²) in [7, 11) is 0. The molecular formula is C18H18N4O2. The highest BCUT2D eigenvalue weighted by atomic mass is 16.4. The van der Waals surface area contributed by atoms with Gasteiger partial charge in [0.1, 0.15) is 0 Å². The number of rotatable bonds is 6. The van der Waals surface area contributed by atoms with E-state index in [-0.39, 0.29) is 12.3 Å². The Hall–Kier alpha value is -3.02. The zero-order chi connectivity index (χ0) is 16.8. The number of nitrogens with one attached hydrogen (secondary N) is 1. The number of aryl methyl sites for hydroxylation is 2. The van der Waals surface area contributed by atoms with Crippen LogP contribution in [0.3, 0.4) is 0 Å². The molecule has 0 saturated heterocycles. The summed E-state index contributed by atoms with van der Waals surface area (Å²) in [4.78, 5) is 16.0. The molecule has 3 aromatic rings. The second kappa shape index (κ2) is 7.50. The lowest BCUT2D eigenvalue weighted by atomic mass is 10.1. The van der Waals surface area contributed by atoms with Gasteiger partial charge in [-0.25, -0.2) is 0 Å². The predicted molar refractivity (Wildman–Crippen MR) is 90.3 cm³/mol. The van der Waals surface area contributed by atoms with Crippen LogP contribution in [-0.4, -0.2) is 21.1 Å². The van der Waals surface area contributed by atoms with Crippen LogP contribution in [0, 0.1) is 0 Å². The van der Waals surface area contributed by atoms with E-state index >= 15 is 0 Å². The molecule has 0 aliphatic carbocycles. The standard InChI is InChI=1S/C18H18N4O2/c1-2-13-3-5-15(6-4-13)20-16(23)7-8-17-21-22-18(24-17)14-9-11-19-12-10-14/h3-6,9-12H,2,7-8H2,1H3,(H,20,23). The van der Waals surface area contributed by atoms with Crippen LogP contribution in [0.2, 0.25) is 0 Å². The van der Waals surface area contributed by atoms with Crippen LogP contribution in [-0.2, 0) is 17.6 Å². The van der Waals surface area contributed by atoms with Gasteiger partial charge in [0, 0.05) is 36.5 Å². The first-order valence-corrected chi connectivity index (χ1v) is 7.86. The van der Waals surface area contributed by atoms with E-state index in [1.807, 2.05) is 24.3 Å². The Bertz CT molecular complexity index is 797. The van der Waals surface area contributed by atoms with Crippen molar-refractivity contribution in [2.75, 3.05) is 5.32 Å². The number of carbonyl (C=O) groups excluding carboxylic acids is 1. The van der Waals surface area contributed by atoms with Gasteiger partial charge in [0.05, 0.1) is 0 Å². The quantitative estimate of drug-likeness (QED) is 0.753. The number of nitrogens with zero attached hydrogens (tertiary/aromatic N) is 3. The molecule has 2 heterocycles. The van der Waals surface area contributed by atoms with Gasteiger partial charge in [0.2, 0.25) is 17.7 Å². The molecule has 24 heavy (non-hydrogen) atoms. The molecule has 0 atom stereocenters. The predicted octanol–water partition coefficient (Wildman–Crippen LogP) is 3.27. The van der Waals surface area contributed by atoms with Crippen LogP contribution in [0.4, 0.5) is 5.69 Å². The topological polar surface area (TPSA) is 80.9 Å². The first-order valence-electron chi connectivity index (χ1n) is 7.86. The van der Waals surface area contributed by atoms with Crippen LogP contribution in [0.5, 0.6) is 0 Å². The minimum Gasteiger partial charge on any atom is -0.421 e. The lowest BCUT2D eigenvalue weighted by Crippen LogP contribution is -2.12. The van der Waals surface area contributed by atoms with Crippen molar-refractivity contribution in [2.24, 2.45) is 0 Å². The third kappa shape index (κ3) is 4.04. The second-order valence-corrected chi connectivity index (χ2v) is 5.34. The Morgan fingerprint density at radius 3 is 2.54 bits per heavy atom. The fraction of sp³-hybridized carbons (Fsp3) is 0.222. The lowest BCUT2D eigenvalue weighted by Gasteiger charge is -2.05. The largest absolute Gasteiger partial charge is 0.421 e. The number of hydrogen-bond acceptors (Lipinski definition) is 5. The molecule has 122 valence electrons. The molecule has 2 aromatic heterocycles. The van der Waals surface area contributed by atoms with Crippen molar-refractivity contribution in [3.63, 3.8) is 0 Å². The van der Waals surface area contributed by atoms with Crippen LogP contribution >= 0.6 is 0 Å². The monoisotopic (exact) mass is 322 g/mol.